The van der Waals surface area contributed by atoms with E-state index in [9.17, 15) is 14.4 Å². The molecule has 35 heavy (non-hydrogen) atoms. The van der Waals surface area contributed by atoms with E-state index in [1.54, 1.807) is 4.90 Å². The number of halogens is 1. The Morgan fingerprint density at radius 3 is 2.54 bits per heavy atom. The molecule has 0 aromatic heterocycles. The average molecular weight is 550 g/mol. The predicted octanol–water partition coefficient (Wildman–Crippen LogP) is 2.13. The van der Waals surface area contributed by atoms with Crippen molar-refractivity contribution in [3.05, 3.63) is 35.9 Å². The van der Waals surface area contributed by atoms with Gasteiger partial charge in [-0.25, -0.2) is 0 Å². The van der Waals surface area contributed by atoms with Gasteiger partial charge in [0.2, 0.25) is 17.7 Å². The summed E-state index contributed by atoms with van der Waals surface area (Å²) in [7, 11) is 0. The van der Waals surface area contributed by atoms with Crippen molar-refractivity contribution in [1.29, 1.82) is 0 Å². The second-order valence-corrected chi connectivity index (χ2v) is 12.1. The fourth-order valence-electron chi connectivity index (χ4n) is 5.88. The van der Waals surface area contributed by atoms with E-state index in [1.165, 1.54) is 0 Å². The van der Waals surface area contributed by atoms with Gasteiger partial charge in [-0.1, -0.05) is 46.3 Å². The van der Waals surface area contributed by atoms with Gasteiger partial charge in [-0.05, 0) is 52.0 Å². The van der Waals surface area contributed by atoms with Crippen molar-refractivity contribution < 1.29 is 24.2 Å². The Balaban J connectivity index is 1.61. The Labute approximate surface area is 215 Å². The van der Waals surface area contributed by atoms with Gasteiger partial charge in [-0.2, -0.15) is 0 Å². The molecule has 3 amide bonds. The van der Waals surface area contributed by atoms with Gasteiger partial charge < -0.3 is 25.4 Å². The number of unbranched alkanes of at least 4 members (excludes halogenated alkanes) is 2. The zero-order valence-corrected chi connectivity index (χ0v) is 22.2. The number of hydrogen-bond donors (Lipinski definition) is 3. The molecule has 2 bridgehead atoms. The van der Waals surface area contributed by atoms with Gasteiger partial charge in [0, 0.05) is 30.1 Å². The highest BCUT2D eigenvalue weighted by molar-refractivity contribution is 9.09. The fourth-order valence-corrected chi connectivity index (χ4v) is 6.82. The van der Waals surface area contributed by atoms with Crippen LogP contribution in [0.2, 0.25) is 0 Å². The highest BCUT2D eigenvalue weighted by Crippen LogP contribution is 2.60. The van der Waals surface area contributed by atoms with E-state index < -0.39 is 35.1 Å². The molecule has 0 radical (unpaired) electrons. The van der Waals surface area contributed by atoms with E-state index >= 15 is 0 Å². The summed E-state index contributed by atoms with van der Waals surface area (Å²) < 4.78 is 6.49. The maximum Gasteiger partial charge on any atom is 0.246 e. The summed E-state index contributed by atoms with van der Waals surface area (Å²) in [4.78, 5) is 42.4. The first-order valence-electron chi connectivity index (χ1n) is 12.5. The molecule has 3 unspecified atom stereocenters. The van der Waals surface area contributed by atoms with Gasteiger partial charge in [0.15, 0.2) is 0 Å². The molecule has 8 nitrogen and oxygen atoms in total. The molecule has 3 heterocycles. The molecule has 6 atom stereocenters. The fraction of sp³-hybridized carbons (Fsp3) is 0.654. The molecule has 3 N–H and O–H groups in total. The third-order valence-electron chi connectivity index (χ3n) is 7.21. The van der Waals surface area contributed by atoms with Crippen LogP contribution in [-0.4, -0.2) is 69.0 Å². The minimum Gasteiger partial charge on any atom is -0.396 e. The molecule has 9 heteroatoms. The monoisotopic (exact) mass is 549 g/mol. The van der Waals surface area contributed by atoms with Crippen LogP contribution in [-0.2, 0) is 25.7 Å². The van der Waals surface area contributed by atoms with Crippen molar-refractivity contribution in [2.24, 2.45) is 11.8 Å². The molecule has 4 rings (SSSR count). The summed E-state index contributed by atoms with van der Waals surface area (Å²) in [5.41, 5.74) is -0.550. The van der Waals surface area contributed by atoms with Crippen molar-refractivity contribution >= 4 is 33.7 Å². The summed E-state index contributed by atoms with van der Waals surface area (Å²) in [5, 5.41) is 15.2. The van der Waals surface area contributed by atoms with Gasteiger partial charge in [0.05, 0.1) is 17.9 Å². The maximum absolute atomic E-state index is 13.8. The number of hydrogen-bond acceptors (Lipinski definition) is 5. The minimum absolute atomic E-state index is 0.0914. The lowest BCUT2D eigenvalue weighted by Gasteiger charge is -2.36. The first-order valence-corrected chi connectivity index (χ1v) is 13.4. The molecule has 3 saturated heterocycles. The van der Waals surface area contributed by atoms with Crippen LogP contribution in [0.25, 0.3) is 0 Å². The molecular weight excluding hydrogens is 514 g/mol. The first-order chi connectivity index (χ1) is 16.6. The number of ether oxygens (including phenoxy) is 1. The van der Waals surface area contributed by atoms with Crippen molar-refractivity contribution in [3.8, 4) is 0 Å². The smallest absolute Gasteiger partial charge is 0.246 e. The van der Waals surface area contributed by atoms with Gasteiger partial charge in [-0.15, -0.1) is 0 Å². The lowest BCUT2D eigenvalue weighted by molar-refractivity contribution is -0.142. The number of fused-ring (bicyclic) bond motifs is 1. The summed E-state index contributed by atoms with van der Waals surface area (Å²) in [6.45, 7) is 6.56. The Morgan fingerprint density at radius 2 is 1.89 bits per heavy atom. The van der Waals surface area contributed by atoms with Crippen LogP contribution < -0.4 is 10.6 Å². The normalized spacial score (nSPS) is 31.5. The first kappa shape index (κ1) is 26.1. The number of carbonyl (C=O) groups is 3. The standard InChI is InChI=1S/C26H36BrN3O5/c1-25(2,3)29-23(33)21-26-14-17(27)20(35-26)18(22(32)28-15-16-10-6-4-7-11-16)19(26)24(34)30(21)12-8-5-9-13-31/h4,6-7,10-11,17-21,31H,5,8-9,12-15H2,1-3H3,(H,28,32)(H,29,33)/t17?,18-,19-,20-,21?,26?/m0/s1. The van der Waals surface area contributed by atoms with E-state index in [0.29, 0.717) is 32.4 Å². The molecule has 0 aliphatic carbocycles. The maximum atomic E-state index is 13.8. The molecule has 1 spiro atoms. The molecule has 1 aromatic rings. The van der Waals surface area contributed by atoms with Crippen LogP contribution in [0, 0.1) is 11.8 Å². The molecular formula is C26H36BrN3O5. The Kier molecular flexibility index (Phi) is 7.60. The van der Waals surface area contributed by atoms with Crippen molar-refractivity contribution in [2.75, 3.05) is 13.2 Å². The predicted molar refractivity (Wildman–Crippen MR) is 135 cm³/mol. The van der Waals surface area contributed by atoms with E-state index in [-0.39, 0.29) is 29.2 Å². The largest absolute Gasteiger partial charge is 0.396 e. The van der Waals surface area contributed by atoms with Crippen LogP contribution >= 0.6 is 15.9 Å². The lowest BCUT2D eigenvalue weighted by atomic mass is 9.70. The van der Waals surface area contributed by atoms with E-state index in [1.807, 2.05) is 51.1 Å². The van der Waals surface area contributed by atoms with Gasteiger partial charge in [0.1, 0.15) is 11.6 Å². The number of alkyl halides is 1. The number of benzene rings is 1. The highest BCUT2D eigenvalue weighted by Gasteiger charge is 2.76. The lowest BCUT2D eigenvalue weighted by Crippen LogP contribution is -2.58. The Bertz CT molecular complexity index is 952. The third kappa shape index (κ3) is 5.00. The zero-order chi connectivity index (χ0) is 25.4. The SMILES string of the molecule is CC(C)(C)NC(=O)C1N(CCCCCO)C(=O)[C@@H]2[C@H](C(=O)NCc3ccccc3)[C@H]3OC12CC3Br. The van der Waals surface area contributed by atoms with Crippen LogP contribution in [0.1, 0.15) is 52.0 Å². The second-order valence-electron chi connectivity index (χ2n) is 10.9. The molecule has 0 saturated carbocycles. The molecule has 3 aliphatic heterocycles. The van der Waals surface area contributed by atoms with Crippen LogP contribution in [0.4, 0.5) is 0 Å². The topological polar surface area (TPSA) is 108 Å². The summed E-state index contributed by atoms with van der Waals surface area (Å²) >= 11 is 3.69. The zero-order valence-electron chi connectivity index (χ0n) is 20.6. The number of likely N-dealkylation sites (tertiary alicyclic amines) is 1. The Hall–Kier alpha value is -1.97. The van der Waals surface area contributed by atoms with Crippen LogP contribution in [0.5, 0.6) is 0 Å². The van der Waals surface area contributed by atoms with Crippen molar-refractivity contribution in [3.63, 3.8) is 0 Å². The summed E-state index contributed by atoms with van der Waals surface area (Å²) in [5.74, 6) is -2.03. The van der Waals surface area contributed by atoms with Crippen molar-refractivity contribution in [2.45, 2.75) is 81.1 Å². The van der Waals surface area contributed by atoms with Crippen LogP contribution in [0.3, 0.4) is 0 Å². The van der Waals surface area contributed by atoms with E-state index in [2.05, 4.69) is 26.6 Å². The summed E-state index contributed by atoms with van der Waals surface area (Å²) in [6.07, 6.45) is 2.08. The van der Waals surface area contributed by atoms with Gasteiger partial charge >= 0.3 is 0 Å². The number of amides is 3. The minimum atomic E-state index is -1.04. The Morgan fingerprint density at radius 1 is 1.17 bits per heavy atom. The third-order valence-corrected chi connectivity index (χ3v) is 8.05. The van der Waals surface area contributed by atoms with Crippen LogP contribution in [0.15, 0.2) is 30.3 Å². The summed E-state index contributed by atoms with van der Waals surface area (Å²) in [6, 6.07) is 8.83. The number of aliphatic hydroxyl groups is 1. The molecule has 1 aromatic carbocycles. The van der Waals surface area contributed by atoms with Gasteiger partial charge in [0.25, 0.3) is 0 Å². The molecule has 3 fully saturated rings. The number of nitrogens with one attached hydrogen (secondary N) is 2. The van der Waals surface area contributed by atoms with E-state index in [4.69, 9.17) is 9.84 Å². The molecule has 3 aliphatic rings. The van der Waals surface area contributed by atoms with Gasteiger partial charge in [-0.3, -0.25) is 14.4 Å². The number of rotatable bonds is 9. The van der Waals surface area contributed by atoms with E-state index in [0.717, 1.165) is 12.0 Å². The second kappa shape index (κ2) is 10.2. The number of carbonyl (C=O) groups excluding carboxylic acids is 3. The number of nitrogens with zero attached hydrogens (tertiary/aromatic N) is 1. The highest BCUT2D eigenvalue weighted by atomic mass is 79.9. The van der Waals surface area contributed by atoms with Crippen molar-refractivity contribution in [1.82, 2.24) is 15.5 Å². The molecule has 192 valence electrons. The number of aliphatic hydroxyl groups excluding tert-OH is 1. The average Bonchev–Trinajstić information content (AvgIpc) is 3.38. The quantitative estimate of drug-likeness (QED) is 0.323.